The van der Waals surface area contributed by atoms with Crippen molar-refractivity contribution in [3.05, 3.63) is 41.6 Å². The standard InChI is InChI=1S/C9H7FN2O/c10-7-3-4-8(11)6-2-1-5-12(13)9(6)7/h1-5,11,13H. The zero-order valence-electron chi connectivity index (χ0n) is 6.66. The number of pyridine rings is 1. The number of nitrogens with one attached hydrogen (secondary N) is 1. The van der Waals surface area contributed by atoms with Gasteiger partial charge in [-0.3, -0.25) is 0 Å². The fourth-order valence-corrected chi connectivity index (χ4v) is 1.28. The first-order valence-corrected chi connectivity index (χ1v) is 3.74. The zero-order chi connectivity index (χ0) is 9.42. The van der Waals surface area contributed by atoms with Crippen LogP contribution in [-0.2, 0) is 0 Å². The van der Waals surface area contributed by atoms with Crippen LogP contribution in [0.3, 0.4) is 0 Å². The Hall–Kier alpha value is -1.84. The Bertz CT molecular complexity index is 478. The second-order valence-electron chi connectivity index (χ2n) is 2.71. The summed E-state index contributed by atoms with van der Waals surface area (Å²) in [6, 6.07) is 5.67. The van der Waals surface area contributed by atoms with Crippen molar-refractivity contribution in [2.75, 3.05) is 0 Å². The molecule has 0 amide bonds. The number of halogens is 1. The number of aromatic nitrogens is 1. The maximum absolute atomic E-state index is 13.2. The molecule has 0 unspecified atom stereocenters. The van der Waals surface area contributed by atoms with Gasteiger partial charge in [0.2, 0.25) is 0 Å². The number of benzene rings is 1. The maximum atomic E-state index is 13.2. The van der Waals surface area contributed by atoms with Crippen LogP contribution in [0.4, 0.5) is 4.39 Å². The first kappa shape index (κ1) is 7.79. The van der Waals surface area contributed by atoms with Crippen LogP contribution in [0.1, 0.15) is 0 Å². The van der Waals surface area contributed by atoms with Gasteiger partial charge >= 0.3 is 0 Å². The van der Waals surface area contributed by atoms with Gasteiger partial charge in [0.15, 0.2) is 5.82 Å². The third-order valence-corrected chi connectivity index (χ3v) is 1.89. The highest BCUT2D eigenvalue weighted by atomic mass is 19.1. The lowest BCUT2D eigenvalue weighted by atomic mass is 10.1. The highest BCUT2D eigenvalue weighted by Gasteiger charge is 2.11. The lowest BCUT2D eigenvalue weighted by Gasteiger charge is -2.09. The van der Waals surface area contributed by atoms with Gasteiger partial charge in [-0.2, -0.15) is 4.73 Å². The first-order valence-electron chi connectivity index (χ1n) is 3.74. The maximum Gasteiger partial charge on any atom is 0.151 e. The summed E-state index contributed by atoms with van der Waals surface area (Å²) in [5.74, 6) is -0.533. The Morgan fingerprint density at radius 2 is 2.08 bits per heavy atom. The summed E-state index contributed by atoms with van der Waals surface area (Å²) < 4.78 is 13.8. The van der Waals surface area contributed by atoms with Crippen molar-refractivity contribution in [3.8, 4) is 11.3 Å². The monoisotopic (exact) mass is 178 g/mol. The largest absolute Gasteiger partial charge is 0.428 e. The molecule has 0 bridgehead atoms. The van der Waals surface area contributed by atoms with E-state index >= 15 is 0 Å². The fraction of sp³-hybridized carbons (Fsp3) is 0. The highest BCUT2D eigenvalue weighted by molar-refractivity contribution is 5.60. The predicted molar refractivity (Wildman–Crippen MR) is 44.1 cm³/mol. The molecule has 2 N–H and O–H groups in total. The molecule has 1 aliphatic carbocycles. The third-order valence-electron chi connectivity index (χ3n) is 1.89. The van der Waals surface area contributed by atoms with Crippen LogP contribution in [0.15, 0.2) is 30.5 Å². The van der Waals surface area contributed by atoms with Crippen molar-refractivity contribution in [2.24, 2.45) is 0 Å². The third kappa shape index (κ3) is 1.07. The molecule has 0 aromatic rings. The zero-order valence-corrected chi connectivity index (χ0v) is 6.66. The van der Waals surface area contributed by atoms with E-state index in [1.54, 1.807) is 12.1 Å². The summed E-state index contributed by atoms with van der Waals surface area (Å²) in [6.45, 7) is 0. The molecule has 4 heteroatoms. The van der Waals surface area contributed by atoms with Gasteiger partial charge < -0.3 is 10.6 Å². The van der Waals surface area contributed by atoms with E-state index in [0.717, 1.165) is 6.07 Å². The topological polar surface area (TPSA) is 49.0 Å². The van der Waals surface area contributed by atoms with Crippen LogP contribution in [0.5, 0.6) is 0 Å². The van der Waals surface area contributed by atoms with Gasteiger partial charge in [-0.1, -0.05) is 0 Å². The average molecular weight is 178 g/mol. The van der Waals surface area contributed by atoms with Gasteiger partial charge in [-0.05, 0) is 24.3 Å². The van der Waals surface area contributed by atoms with E-state index in [-0.39, 0.29) is 11.1 Å². The van der Waals surface area contributed by atoms with Crippen molar-refractivity contribution in [3.63, 3.8) is 0 Å². The molecular weight excluding hydrogens is 171 g/mol. The molecule has 2 aliphatic rings. The van der Waals surface area contributed by atoms with Gasteiger partial charge in [0.1, 0.15) is 5.69 Å². The van der Waals surface area contributed by atoms with E-state index in [2.05, 4.69) is 0 Å². The van der Waals surface area contributed by atoms with Crippen molar-refractivity contribution in [1.82, 2.24) is 4.73 Å². The minimum Gasteiger partial charge on any atom is -0.428 e. The molecule has 0 atom stereocenters. The predicted octanol–water partition coefficient (Wildman–Crippen LogP) is 1.45. The average Bonchev–Trinajstić information content (AvgIpc) is 2.12. The van der Waals surface area contributed by atoms with Crippen LogP contribution in [0.25, 0.3) is 11.3 Å². The summed E-state index contributed by atoms with van der Waals surface area (Å²) in [5.41, 5.74) is 0.431. The van der Waals surface area contributed by atoms with Crippen LogP contribution < -0.4 is 5.36 Å². The Morgan fingerprint density at radius 1 is 1.31 bits per heavy atom. The molecule has 0 saturated carbocycles. The summed E-state index contributed by atoms with van der Waals surface area (Å²) in [5, 5.41) is 16.9. The second kappa shape index (κ2) is 2.58. The van der Waals surface area contributed by atoms with Gasteiger partial charge in [0.05, 0.1) is 5.36 Å². The fourth-order valence-electron chi connectivity index (χ4n) is 1.28. The number of rotatable bonds is 0. The number of hydrogen-bond acceptors (Lipinski definition) is 2. The molecule has 66 valence electrons. The molecule has 1 aliphatic heterocycles. The molecular formula is C9H7FN2O. The minimum absolute atomic E-state index is 0.0370. The van der Waals surface area contributed by atoms with E-state index in [0.29, 0.717) is 10.3 Å². The van der Waals surface area contributed by atoms with Crippen LogP contribution in [-0.4, -0.2) is 9.94 Å². The Balaban J connectivity index is 2.96. The smallest absolute Gasteiger partial charge is 0.151 e. The van der Waals surface area contributed by atoms with Gasteiger partial charge in [0.25, 0.3) is 0 Å². The minimum atomic E-state index is -0.533. The van der Waals surface area contributed by atoms with E-state index in [1.807, 2.05) is 0 Å². The summed E-state index contributed by atoms with van der Waals surface area (Å²) >= 11 is 0. The first-order chi connectivity index (χ1) is 6.20. The molecule has 0 radical (unpaired) electrons. The van der Waals surface area contributed by atoms with E-state index < -0.39 is 5.82 Å². The van der Waals surface area contributed by atoms with Crippen molar-refractivity contribution < 1.29 is 9.60 Å². The summed E-state index contributed by atoms with van der Waals surface area (Å²) in [4.78, 5) is 0. The van der Waals surface area contributed by atoms with Crippen LogP contribution in [0.2, 0.25) is 0 Å². The van der Waals surface area contributed by atoms with E-state index in [9.17, 15) is 9.60 Å². The SMILES string of the molecule is N=c1ccc(F)c2n(O)cccc1-2. The Morgan fingerprint density at radius 3 is 2.77 bits per heavy atom. The van der Waals surface area contributed by atoms with E-state index in [1.165, 1.54) is 12.3 Å². The molecule has 0 spiro atoms. The lowest BCUT2D eigenvalue weighted by Crippen LogP contribution is -2.11. The van der Waals surface area contributed by atoms with Crippen molar-refractivity contribution in [1.29, 1.82) is 5.41 Å². The lowest BCUT2D eigenvalue weighted by molar-refractivity contribution is 0.186. The van der Waals surface area contributed by atoms with Crippen LogP contribution in [0, 0.1) is 11.2 Å². The number of fused-ring (bicyclic) bond motifs is 1. The summed E-state index contributed by atoms with van der Waals surface area (Å²) in [7, 11) is 0. The molecule has 3 nitrogen and oxygen atoms in total. The second-order valence-corrected chi connectivity index (χ2v) is 2.71. The van der Waals surface area contributed by atoms with Crippen LogP contribution >= 0.6 is 0 Å². The van der Waals surface area contributed by atoms with Gasteiger partial charge in [-0.15, -0.1) is 0 Å². The number of hydrogen-bond donors (Lipinski definition) is 2. The Labute approximate surface area is 73.5 Å². The van der Waals surface area contributed by atoms with Crippen molar-refractivity contribution >= 4 is 0 Å². The van der Waals surface area contributed by atoms with E-state index in [4.69, 9.17) is 5.41 Å². The molecule has 1 heterocycles. The Kier molecular flexibility index (Phi) is 1.55. The molecule has 0 fully saturated rings. The van der Waals surface area contributed by atoms with Gasteiger partial charge in [-0.25, -0.2) is 4.39 Å². The molecule has 0 aromatic carbocycles. The van der Waals surface area contributed by atoms with Gasteiger partial charge in [0, 0.05) is 11.8 Å². The summed E-state index contributed by atoms with van der Waals surface area (Å²) in [6.07, 6.45) is 1.32. The van der Waals surface area contributed by atoms with Crippen molar-refractivity contribution in [2.45, 2.75) is 0 Å². The molecule has 0 saturated heterocycles. The normalized spacial score (nSPS) is 10.5. The number of nitrogens with zero attached hydrogens (tertiary/aromatic N) is 1. The molecule has 0 aromatic heterocycles. The molecule has 13 heavy (non-hydrogen) atoms. The highest BCUT2D eigenvalue weighted by Crippen LogP contribution is 2.19. The molecule has 2 rings (SSSR count). The quantitative estimate of drug-likeness (QED) is 0.589.